The molecule has 6 heteroatoms. The van der Waals surface area contributed by atoms with E-state index in [1.165, 1.54) is 0 Å². The predicted octanol–water partition coefficient (Wildman–Crippen LogP) is 1.97. The lowest BCUT2D eigenvalue weighted by Gasteiger charge is -2.10. The molecular weight excluding hydrogens is 274 g/mol. The quantitative estimate of drug-likeness (QED) is 0.905. The van der Waals surface area contributed by atoms with Crippen LogP contribution in [0.25, 0.3) is 0 Å². The molecule has 2 heterocycles. The number of nitrogens with zero attached hydrogens (tertiary/aromatic N) is 2. The van der Waals surface area contributed by atoms with Crippen LogP contribution in [0, 0.1) is 10.8 Å². The summed E-state index contributed by atoms with van der Waals surface area (Å²) in [7, 11) is -2.92. The Hall–Kier alpha value is -1.04. The van der Waals surface area contributed by atoms with Gasteiger partial charge in [-0.15, -0.1) is 0 Å². The first-order valence-electron chi connectivity index (χ1n) is 7.11. The normalized spacial score (nSPS) is 30.5. The predicted molar refractivity (Wildman–Crippen MR) is 79.3 cm³/mol. The van der Waals surface area contributed by atoms with Crippen molar-refractivity contribution in [3.8, 4) is 0 Å². The number of rotatable bonds is 2. The molecule has 1 saturated heterocycles. The Bertz CT molecular complexity index is 644. The van der Waals surface area contributed by atoms with Gasteiger partial charge in [0.1, 0.15) is 5.82 Å². The molecule has 1 unspecified atom stereocenters. The highest BCUT2D eigenvalue weighted by Gasteiger charge is 2.66. The van der Waals surface area contributed by atoms with Gasteiger partial charge in [-0.2, -0.15) is 5.10 Å². The Kier molecular flexibility index (Phi) is 2.63. The molecule has 2 N–H and O–H groups in total. The van der Waals surface area contributed by atoms with Crippen LogP contribution in [0.4, 0.5) is 5.82 Å². The molecule has 0 amide bonds. The molecule has 1 aliphatic carbocycles. The van der Waals surface area contributed by atoms with Crippen molar-refractivity contribution in [1.29, 1.82) is 0 Å². The van der Waals surface area contributed by atoms with Crippen molar-refractivity contribution in [2.24, 2.45) is 10.8 Å². The van der Waals surface area contributed by atoms with Gasteiger partial charge >= 0.3 is 0 Å². The zero-order chi connectivity index (χ0) is 14.9. The smallest absolute Gasteiger partial charge is 0.152 e. The second-order valence-electron chi connectivity index (χ2n) is 7.37. The van der Waals surface area contributed by atoms with Crippen LogP contribution in [0.2, 0.25) is 0 Å². The summed E-state index contributed by atoms with van der Waals surface area (Å²) in [6, 6.07) is 1.82. The van der Waals surface area contributed by atoms with E-state index in [1.54, 1.807) is 4.68 Å². The average Bonchev–Trinajstić information content (AvgIpc) is 2.67. The lowest BCUT2D eigenvalue weighted by Crippen LogP contribution is -2.14. The minimum Gasteiger partial charge on any atom is -0.384 e. The van der Waals surface area contributed by atoms with Crippen LogP contribution >= 0.6 is 0 Å². The van der Waals surface area contributed by atoms with E-state index >= 15 is 0 Å². The van der Waals surface area contributed by atoms with Gasteiger partial charge in [0.15, 0.2) is 9.84 Å². The van der Waals surface area contributed by atoms with Crippen LogP contribution < -0.4 is 5.73 Å². The summed E-state index contributed by atoms with van der Waals surface area (Å²) in [5, 5.41) is 4.64. The van der Waals surface area contributed by atoms with Crippen LogP contribution in [-0.4, -0.2) is 29.7 Å². The van der Waals surface area contributed by atoms with Gasteiger partial charge < -0.3 is 5.73 Å². The molecule has 20 heavy (non-hydrogen) atoms. The summed E-state index contributed by atoms with van der Waals surface area (Å²) < 4.78 is 24.9. The Labute approximate surface area is 120 Å². The van der Waals surface area contributed by atoms with Crippen LogP contribution in [0.15, 0.2) is 6.07 Å². The van der Waals surface area contributed by atoms with Crippen LogP contribution in [-0.2, 0) is 9.84 Å². The standard InChI is InChI=1S/C14H23N3O2S/c1-13(2)12(14(13,3)4)10-7-11(15)17(16-10)9-5-6-20(18,19)8-9/h7,9,12H,5-6,8,15H2,1-4H3. The van der Waals surface area contributed by atoms with Crippen molar-refractivity contribution < 1.29 is 8.42 Å². The number of hydrogen-bond acceptors (Lipinski definition) is 4. The third-order valence-corrected chi connectivity index (χ3v) is 7.40. The summed E-state index contributed by atoms with van der Waals surface area (Å²) in [5.74, 6) is 1.37. The second-order valence-corrected chi connectivity index (χ2v) is 9.60. The van der Waals surface area contributed by atoms with Gasteiger partial charge in [-0.25, -0.2) is 13.1 Å². The molecule has 1 saturated carbocycles. The van der Waals surface area contributed by atoms with Gasteiger partial charge in [-0.1, -0.05) is 27.7 Å². The second kappa shape index (κ2) is 3.78. The van der Waals surface area contributed by atoms with Gasteiger partial charge in [0, 0.05) is 12.0 Å². The van der Waals surface area contributed by atoms with E-state index < -0.39 is 9.84 Å². The van der Waals surface area contributed by atoms with E-state index in [0.717, 1.165) is 5.69 Å². The Morgan fingerprint density at radius 1 is 1.30 bits per heavy atom. The van der Waals surface area contributed by atoms with Crippen molar-refractivity contribution in [2.75, 3.05) is 17.2 Å². The van der Waals surface area contributed by atoms with E-state index in [1.807, 2.05) is 6.07 Å². The highest BCUT2D eigenvalue weighted by atomic mass is 32.2. The number of aromatic nitrogens is 2. The maximum absolute atomic E-state index is 11.6. The number of hydrogen-bond donors (Lipinski definition) is 1. The van der Waals surface area contributed by atoms with Gasteiger partial charge in [0.25, 0.3) is 0 Å². The highest BCUT2D eigenvalue weighted by molar-refractivity contribution is 7.91. The number of sulfone groups is 1. The largest absolute Gasteiger partial charge is 0.384 e. The number of nitrogens with two attached hydrogens (primary N) is 1. The molecule has 2 aliphatic rings. The maximum atomic E-state index is 11.6. The van der Waals surface area contributed by atoms with Crippen molar-refractivity contribution in [1.82, 2.24) is 9.78 Å². The Morgan fingerprint density at radius 2 is 1.90 bits per heavy atom. The lowest BCUT2D eigenvalue weighted by molar-refractivity contribution is 0.457. The lowest BCUT2D eigenvalue weighted by atomic mass is 10.0. The topological polar surface area (TPSA) is 78.0 Å². The van der Waals surface area contributed by atoms with Crippen molar-refractivity contribution >= 4 is 15.7 Å². The first-order valence-corrected chi connectivity index (χ1v) is 8.94. The third-order valence-electron chi connectivity index (χ3n) is 5.65. The molecule has 1 aromatic heterocycles. The van der Waals surface area contributed by atoms with Crippen molar-refractivity contribution in [3.05, 3.63) is 11.8 Å². The van der Waals surface area contributed by atoms with Gasteiger partial charge in [0.05, 0.1) is 23.2 Å². The Morgan fingerprint density at radius 3 is 2.35 bits per heavy atom. The zero-order valence-electron chi connectivity index (χ0n) is 12.5. The fourth-order valence-electron chi connectivity index (χ4n) is 3.77. The van der Waals surface area contributed by atoms with E-state index in [0.29, 0.717) is 18.2 Å². The molecule has 0 radical (unpaired) electrons. The average molecular weight is 297 g/mol. The summed E-state index contributed by atoms with van der Waals surface area (Å²) in [5.41, 5.74) is 7.48. The molecule has 0 aromatic carbocycles. The molecule has 0 spiro atoms. The molecule has 0 bridgehead atoms. The first kappa shape index (κ1) is 13.9. The molecule has 3 rings (SSSR count). The zero-order valence-corrected chi connectivity index (χ0v) is 13.4. The summed E-state index contributed by atoms with van der Waals surface area (Å²) in [6.45, 7) is 8.97. The number of nitrogen functional groups attached to an aromatic ring is 1. The highest BCUT2D eigenvalue weighted by Crippen LogP contribution is 2.73. The minimum absolute atomic E-state index is 0.0984. The van der Waals surface area contributed by atoms with Crippen molar-refractivity contribution in [3.63, 3.8) is 0 Å². The summed E-state index contributed by atoms with van der Waals surface area (Å²) in [6.07, 6.45) is 0.616. The van der Waals surface area contributed by atoms with Crippen molar-refractivity contribution in [2.45, 2.75) is 46.1 Å². The van der Waals surface area contributed by atoms with E-state index in [9.17, 15) is 8.42 Å². The van der Waals surface area contributed by atoms with E-state index in [4.69, 9.17) is 5.73 Å². The fourth-order valence-corrected chi connectivity index (χ4v) is 5.46. The maximum Gasteiger partial charge on any atom is 0.152 e. The molecule has 5 nitrogen and oxygen atoms in total. The molecule has 112 valence electrons. The van der Waals surface area contributed by atoms with E-state index in [-0.39, 0.29) is 28.4 Å². The molecule has 1 aromatic rings. The Balaban J connectivity index is 1.90. The van der Waals surface area contributed by atoms with Gasteiger partial charge in [-0.05, 0) is 17.3 Å². The third kappa shape index (κ3) is 1.80. The van der Waals surface area contributed by atoms with Gasteiger partial charge in [0.2, 0.25) is 0 Å². The molecule has 1 aliphatic heterocycles. The van der Waals surface area contributed by atoms with Gasteiger partial charge in [-0.3, -0.25) is 0 Å². The first-order chi connectivity index (χ1) is 9.06. The van der Waals surface area contributed by atoms with Crippen LogP contribution in [0.1, 0.15) is 51.8 Å². The molecule has 2 fully saturated rings. The number of anilines is 1. The van der Waals surface area contributed by atoms with Crippen LogP contribution in [0.5, 0.6) is 0 Å². The molecular formula is C14H23N3O2S. The minimum atomic E-state index is -2.92. The van der Waals surface area contributed by atoms with Crippen LogP contribution in [0.3, 0.4) is 0 Å². The monoisotopic (exact) mass is 297 g/mol. The molecule has 1 atom stereocenters. The SMILES string of the molecule is CC1(C)C(c2cc(N)n(C3CCS(=O)(=O)C3)n2)C1(C)C. The van der Waals surface area contributed by atoms with E-state index in [2.05, 4.69) is 32.8 Å². The fraction of sp³-hybridized carbons (Fsp3) is 0.786. The summed E-state index contributed by atoms with van der Waals surface area (Å²) in [4.78, 5) is 0. The summed E-state index contributed by atoms with van der Waals surface area (Å²) >= 11 is 0.